The summed E-state index contributed by atoms with van der Waals surface area (Å²) in [5.41, 5.74) is 0.785. The minimum atomic E-state index is -0.0245. The van der Waals surface area contributed by atoms with Crippen molar-refractivity contribution in [2.24, 2.45) is 0 Å². The molecule has 1 amide bonds. The van der Waals surface area contributed by atoms with Crippen molar-refractivity contribution in [2.75, 3.05) is 26.2 Å². The van der Waals surface area contributed by atoms with E-state index >= 15 is 0 Å². The van der Waals surface area contributed by atoms with Crippen LogP contribution in [0.3, 0.4) is 0 Å². The first kappa shape index (κ1) is 15.9. The number of carbonyl (C=O) groups is 1. The van der Waals surface area contributed by atoms with Gasteiger partial charge in [0.15, 0.2) is 0 Å². The van der Waals surface area contributed by atoms with Crippen LogP contribution in [0.4, 0.5) is 0 Å². The molecule has 2 heterocycles. The third kappa shape index (κ3) is 3.57. The van der Waals surface area contributed by atoms with Crippen molar-refractivity contribution in [1.29, 1.82) is 5.26 Å². The molecule has 1 aromatic rings. The highest BCUT2D eigenvalue weighted by Crippen LogP contribution is 2.17. The van der Waals surface area contributed by atoms with Gasteiger partial charge in [-0.05, 0) is 24.4 Å². The molecule has 1 aliphatic heterocycles. The lowest BCUT2D eigenvalue weighted by Gasteiger charge is -2.36. The molecule has 0 aromatic carbocycles. The second kappa shape index (κ2) is 7.48. The molecule has 1 unspecified atom stereocenters. The van der Waals surface area contributed by atoms with Crippen LogP contribution in [0.25, 0.3) is 0 Å². The molecule has 1 aromatic heterocycles. The lowest BCUT2D eigenvalue weighted by Crippen LogP contribution is -2.51. The quantitative estimate of drug-likeness (QED) is 0.825. The zero-order valence-electron chi connectivity index (χ0n) is 12.6. The van der Waals surface area contributed by atoms with Crippen LogP contribution in [0.5, 0.6) is 0 Å². The summed E-state index contributed by atoms with van der Waals surface area (Å²) in [4.78, 5) is 17.2. The topological polar surface area (TPSA) is 73.1 Å². The monoisotopic (exact) mass is 307 g/mol. The van der Waals surface area contributed by atoms with Gasteiger partial charge in [-0.25, -0.2) is 0 Å². The van der Waals surface area contributed by atoms with Crippen LogP contribution in [-0.2, 0) is 6.42 Å². The van der Waals surface area contributed by atoms with Crippen LogP contribution >= 0.6 is 11.5 Å². The fourth-order valence-corrected chi connectivity index (χ4v) is 3.30. The number of nitriles is 1. The summed E-state index contributed by atoms with van der Waals surface area (Å²) < 4.78 is 3.88. The summed E-state index contributed by atoms with van der Waals surface area (Å²) >= 11 is 1.18. The predicted octanol–water partition coefficient (Wildman–Crippen LogP) is 1.55. The molecule has 1 aliphatic rings. The van der Waals surface area contributed by atoms with Crippen molar-refractivity contribution >= 4 is 17.4 Å². The van der Waals surface area contributed by atoms with Gasteiger partial charge in [0.25, 0.3) is 5.91 Å². The molecule has 6 nitrogen and oxygen atoms in total. The van der Waals surface area contributed by atoms with Crippen molar-refractivity contribution in [2.45, 2.75) is 39.2 Å². The maximum absolute atomic E-state index is 12.5. The molecular formula is C14H21N5OS. The van der Waals surface area contributed by atoms with E-state index < -0.39 is 0 Å². The van der Waals surface area contributed by atoms with E-state index in [2.05, 4.69) is 27.5 Å². The van der Waals surface area contributed by atoms with Gasteiger partial charge in [-0.2, -0.15) is 5.26 Å². The van der Waals surface area contributed by atoms with Gasteiger partial charge in [-0.15, -0.1) is 5.10 Å². The first-order valence-electron chi connectivity index (χ1n) is 7.45. The van der Waals surface area contributed by atoms with Crippen molar-refractivity contribution in [3.63, 3.8) is 0 Å². The van der Waals surface area contributed by atoms with E-state index in [-0.39, 0.29) is 11.9 Å². The van der Waals surface area contributed by atoms with E-state index in [1.807, 2.05) is 11.8 Å². The minimum absolute atomic E-state index is 0.0245. The van der Waals surface area contributed by atoms with Crippen LogP contribution in [0.2, 0.25) is 0 Å². The highest BCUT2D eigenvalue weighted by molar-refractivity contribution is 7.08. The maximum Gasteiger partial charge on any atom is 0.267 e. The summed E-state index contributed by atoms with van der Waals surface area (Å²) in [5, 5.41) is 13.2. The number of aryl methyl sites for hydroxylation is 1. The Morgan fingerprint density at radius 2 is 2.10 bits per heavy atom. The van der Waals surface area contributed by atoms with Gasteiger partial charge < -0.3 is 4.90 Å². The van der Waals surface area contributed by atoms with E-state index in [0.29, 0.717) is 18.0 Å². The van der Waals surface area contributed by atoms with E-state index in [1.54, 1.807) is 0 Å². The Morgan fingerprint density at radius 1 is 1.38 bits per heavy atom. The molecule has 7 heteroatoms. The molecule has 0 radical (unpaired) electrons. The van der Waals surface area contributed by atoms with Gasteiger partial charge >= 0.3 is 0 Å². The number of hydrogen-bond donors (Lipinski definition) is 0. The highest BCUT2D eigenvalue weighted by atomic mass is 32.1. The predicted molar refractivity (Wildman–Crippen MR) is 81.1 cm³/mol. The summed E-state index contributed by atoms with van der Waals surface area (Å²) in [6.07, 6.45) is 2.62. The molecule has 0 bridgehead atoms. The number of aromatic nitrogens is 2. The molecule has 1 fully saturated rings. The average molecular weight is 307 g/mol. The standard InChI is InChI=1S/C14H21N5OS/c1-3-5-11(10-15)18-6-8-19(9-7-18)14(20)13-12(4-2)16-17-21-13/h11H,3-9H2,1-2H3. The number of amides is 1. The second-order valence-corrected chi connectivity index (χ2v) is 5.92. The lowest BCUT2D eigenvalue weighted by molar-refractivity contribution is 0.0604. The van der Waals surface area contributed by atoms with Gasteiger partial charge in [-0.3, -0.25) is 9.69 Å². The lowest BCUT2D eigenvalue weighted by atomic mass is 10.1. The Kier molecular flexibility index (Phi) is 5.65. The van der Waals surface area contributed by atoms with Gasteiger partial charge in [0.1, 0.15) is 4.88 Å². The number of piperazine rings is 1. The molecule has 0 N–H and O–H groups in total. The molecule has 1 atom stereocenters. The SMILES string of the molecule is CCCC(C#N)N1CCN(C(=O)c2snnc2CC)CC1. The molecule has 1 saturated heterocycles. The van der Waals surface area contributed by atoms with Crippen LogP contribution in [-0.4, -0.2) is 57.5 Å². The van der Waals surface area contributed by atoms with Crippen LogP contribution in [0.1, 0.15) is 42.1 Å². The van der Waals surface area contributed by atoms with Crippen molar-refractivity contribution < 1.29 is 4.79 Å². The number of carbonyl (C=O) groups excluding carboxylic acids is 1. The zero-order chi connectivity index (χ0) is 15.2. The normalized spacial score (nSPS) is 17.5. The third-order valence-corrected chi connectivity index (χ3v) is 4.59. The molecular weight excluding hydrogens is 286 g/mol. The molecule has 21 heavy (non-hydrogen) atoms. The Bertz CT molecular complexity index is 516. The summed E-state index contributed by atoms with van der Waals surface area (Å²) in [7, 11) is 0. The number of rotatable bonds is 5. The molecule has 2 rings (SSSR count). The first-order chi connectivity index (χ1) is 10.2. The molecule has 0 spiro atoms. The minimum Gasteiger partial charge on any atom is -0.335 e. The van der Waals surface area contributed by atoms with Crippen LogP contribution in [0.15, 0.2) is 0 Å². The van der Waals surface area contributed by atoms with Crippen molar-refractivity contribution in [1.82, 2.24) is 19.4 Å². The van der Waals surface area contributed by atoms with E-state index in [0.717, 1.165) is 38.0 Å². The summed E-state index contributed by atoms with van der Waals surface area (Å²) in [6, 6.07) is 2.34. The first-order valence-corrected chi connectivity index (χ1v) is 8.22. The highest BCUT2D eigenvalue weighted by Gasteiger charge is 2.28. The van der Waals surface area contributed by atoms with Crippen LogP contribution < -0.4 is 0 Å². The van der Waals surface area contributed by atoms with E-state index in [1.165, 1.54) is 11.5 Å². The van der Waals surface area contributed by atoms with Gasteiger partial charge in [0.05, 0.1) is 17.8 Å². The zero-order valence-corrected chi connectivity index (χ0v) is 13.4. The Balaban J connectivity index is 1.95. The fraction of sp³-hybridized carbons (Fsp3) is 0.714. The average Bonchev–Trinajstić information content (AvgIpc) is 3.00. The molecule has 114 valence electrons. The molecule has 0 saturated carbocycles. The van der Waals surface area contributed by atoms with Gasteiger partial charge in [0, 0.05) is 26.2 Å². The molecule has 0 aliphatic carbocycles. The summed E-state index contributed by atoms with van der Waals surface area (Å²) in [5.74, 6) is 0.0329. The van der Waals surface area contributed by atoms with E-state index in [9.17, 15) is 10.1 Å². The van der Waals surface area contributed by atoms with Gasteiger partial charge in [-0.1, -0.05) is 24.8 Å². The van der Waals surface area contributed by atoms with Crippen molar-refractivity contribution in [3.8, 4) is 6.07 Å². The summed E-state index contributed by atoms with van der Waals surface area (Å²) in [6.45, 7) is 6.93. The maximum atomic E-state index is 12.5. The Labute approximate surface area is 129 Å². The van der Waals surface area contributed by atoms with Crippen LogP contribution in [0, 0.1) is 11.3 Å². The number of hydrogen-bond acceptors (Lipinski definition) is 6. The number of nitrogens with zero attached hydrogens (tertiary/aromatic N) is 5. The van der Waals surface area contributed by atoms with Gasteiger partial charge in [0.2, 0.25) is 0 Å². The van der Waals surface area contributed by atoms with Crippen molar-refractivity contribution in [3.05, 3.63) is 10.6 Å². The smallest absolute Gasteiger partial charge is 0.267 e. The third-order valence-electron chi connectivity index (χ3n) is 3.84. The fourth-order valence-electron chi connectivity index (χ4n) is 2.58. The largest absolute Gasteiger partial charge is 0.335 e. The Hall–Kier alpha value is -1.52. The van der Waals surface area contributed by atoms with E-state index in [4.69, 9.17) is 0 Å². The second-order valence-electron chi connectivity index (χ2n) is 5.16. The Morgan fingerprint density at radius 3 is 2.67 bits per heavy atom.